The predicted octanol–water partition coefficient (Wildman–Crippen LogP) is 2.21. The van der Waals surface area contributed by atoms with Gasteiger partial charge in [-0.25, -0.2) is 13.6 Å². The Morgan fingerprint density at radius 1 is 1.33 bits per heavy atom. The van der Waals surface area contributed by atoms with Gasteiger partial charge in [-0.05, 0) is 43.4 Å². The van der Waals surface area contributed by atoms with E-state index >= 15 is 0 Å². The monoisotopic (exact) mass is 269 g/mol. The zero-order valence-corrected chi connectivity index (χ0v) is 11.4. The molecule has 5 heteroatoms. The maximum absolute atomic E-state index is 11.5. The van der Waals surface area contributed by atoms with Gasteiger partial charge in [0.05, 0.1) is 6.61 Å². The van der Waals surface area contributed by atoms with Gasteiger partial charge in [0.25, 0.3) is 0 Å². The second-order valence-corrected chi connectivity index (χ2v) is 6.49. The van der Waals surface area contributed by atoms with E-state index in [9.17, 15) is 8.42 Å². The molecule has 0 heterocycles. The molecule has 4 nitrogen and oxygen atoms in total. The van der Waals surface area contributed by atoms with Crippen molar-refractivity contribution >= 4 is 10.0 Å². The lowest BCUT2D eigenvalue weighted by molar-refractivity contribution is 0.246. The Hall–Kier alpha value is -1.07. The summed E-state index contributed by atoms with van der Waals surface area (Å²) in [5.41, 5.74) is 0.854. The molecule has 0 atom stereocenters. The third-order valence-electron chi connectivity index (χ3n) is 3.36. The molecule has 2 rings (SSSR count). The first-order valence-corrected chi connectivity index (χ1v) is 7.78. The number of nitrogens with two attached hydrogens (primary N) is 1. The Balaban J connectivity index is 2.16. The van der Waals surface area contributed by atoms with Gasteiger partial charge in [0, 0.05) is 0 Å². The van der Waals surface area contributed by atoms with Crippen LogP contribution in [0.3, 0.4) is 0 Å². The molecule has 2 N–H and O–H groups in total. The fraction of sp³-hybridized carbons (Fsp3) is 0.538. The Morgan fingerprint density at radius 3 is 2.61 bits per heavy atom. The van der Waals surface area contributed by atoms with E-state index in [1.165, 1.54) is 12.8 Å². The molecule has 0 unspecified atom stereocenters. The third kappa shape index (κ3) is 3.23. The topological polar surface area (TPSA) is 69.4 Å². The highest BCUT2D eigenvalue weighted by Gasteiger charge is 2.19. The summed E-state index contributed by atoms with van der Waals surface area (Å²) in [5, 5.41) is 5.20. The average molecular weight is 269 g/mol. The first kappa shape index (κ1) is 13.4. The van der Waals surface area contributed by atoms with Crippen molar-refractivity contribution in [2.24, 2.45) is 11.1 Å². The van der Waals surface area contributed by atoms with Crippen LogP contribution in [0.2, 0.25) is 0 Å². The van der Waals surface area contributed by atoms with Gasteiger partial charge in [-0.15, -0.1) is 0 Å². The Bertz CT molecular complexity index is 519. The van der Waals surface area contributed by atoms with Crippen LogP contribution < -0.4 is 9.88 Å². The van der Waals surface area contributed by atoms with Gasteiger partial charge in [-0.1, -0.05) is 18.9 Å². The van der Waals surface area contributed by atoms with Gasteiger partial charge in [0.1, 0.15) is 10.6 Å². The smallest absolute Gasteiger partial charge is 0.241 e. The minimum Gasteiger partial charge on any atom is -0.492 e. The summed E-state index contributed by atoms with van der Waals surface area (Å²) in [6, 6.07) is 5.07. The summed E-state index contributed by atoms with van der Waals surface area (Å²) < 4.78 is 28.6. The average Bonchev–Trinajstić information content (AvgIpc) is 2.79. The maximum atomic E-state index is 11.5. The first-order chi connectivity index (χ1) is 8.47. The maximum Gasteiger partial charge on any atom is 0.241 e. The largest absolute Gasteiger partial charge is 0.492 e. The highest BCUT2D eigenvalue weighted by atomic mass is 32.2. The van der Waals surface area contributed by atoms with Crippen molar-refractivity contribution in [1.29, 1.82) is 0 Å². The lowest BCUT2D eigenvalue weighted by Crippen LogP contribution is -2.16. The number of ether oxygens (including phenoxy) is 1. The van der Waals surface area contributed by atoms with Crippen molar-refractivity contribution in [3.63, 3.8) is 0 Å². The van der Waals surface area contributed by atoms with Crippen LogP contribution in [0.5, 0.6) is 5.75 Å². The second kappa shape index (κ2) is 5.28. The van der Waals surface area contributed by atoms with Crippen molar-refractivity contribution in [2.75, 3.05) is 6.61 Å². The predicted molar refractivity (Wildman–Crippen MR) is 70.0 cm³/mol. The van der Waals surface area contributed by atoms with Crippen LogP contribution in [-0.4, -0.2) is 15.0 Å². The van der Waals surface area contributed by atoms with Crippen LogP contribution in [0.4, 0.5) is 0 Å². The molecular weight excluding hydrogens is 250 g/mol. The van der Waals surface area contributed by atoms with Gasteiger partial charge in [0.2, 0.25) is 10.0 Å². The minimum atomic E-state index is -3.73. The van der Waals surface area contributed by atoms with E-state index < -0.39 is 10.0 Å². The van der Waals surface area contributed by atoms with Crippen molar-refractivity contribution < 1.29 is 13.2 Å². The summed E-state index contributed by atoms with van der Waals surface area (Å²) in [4.78, 5) is 0.0838. The Labute approximate surface area is 108 Å². The summed E-state index contributed by atoms with van der Waals surface area (Å²) in [7, 11) is -3.73. The van der Waals surface area contributed by atoms with Gasteiger partial charge in [0.15, 0.2) is 0 Å². The molecule has 1 aromatic carbocycles. The number of aryl methyl sites for hydroxylation is 1. The van der Waals surface area contributed by atoms with Crippen molar-refractivity contribution in [1.82, 2.24) is 0 Å². The Kier molecular flexibility index (Phi) is 3.92. The van der Waals surface area contributed by atoms with Crippen molar-refractivity contribution in [2.45, 2.75) is 37.5 Å². The normalized spacial score (nSPS) is 17.0. The van der Waals surface area contributed by atoms with Gasteiger partial charge >= 0.3 is 0 Å². The molecule has 0 radical (unpaired) electrons. The van der Waals surface area contributed by atoms with E-state index in [-0.39, 0.29) is 4.90 Å². The molecule has 0 saturated heterocycles. The van der Waals surface area contributed by atoms with Crippen LogP contribution in [0.15, 0.2) is 23.1 Å². The Morgan fingerprint density at radius 2 is 2.00 bits per heavy atom. The van der Waals surface area contributed by atoms with Gasteiger partial charge < -0.3 is 4.74 Å². The van der Waals surface area contributed by atoms with Crippen LogP contribution >= 0.6 is 0 Å². The van der Waals surface area contributed by atoms with E-state index in [1.807, 2.05) is 13.0 Å². The quantitative estimate of drug-likeness (QED) is 0.911. The van der Waals surface area contributed by atoms with E-state index in [2.05, 4.69) is 0 Å². The van der Waals surface area contributed by atoms with E-state index in [0.717, 1.165) is 18.4 Å². The second-order valence-electron chi connectivity index (χ2n) is 4.96. The molecule has 0 spiro atoms. The fourth-order valence-electron chi connectivity index (χ4n) is 2.34. The zero-order chi connectivity index (χ0) is 13.2. The van der Waals surface area contributed by atoms with E-state index in [1.54, 1.807) is 12.1 Å². The number of sulfonamides is 1. The summed E-state index contributed by atoms with van der Waals surface area (Å²) >= 11 is 0. The standard InChI is InChI=1S/C13H19NO3S/c1-10-6-7-12(13(8-10)18(14,15)16)17-9-11-4-2-3-5-11/h6-8,11H,2-5,9H2,1H3,(H2,14,15,16). The number of hydrogen-bond acceptors (Lipinski definition) is 3. The molecule has 1 fully saturated rings. The molecular formula is C13H19NO3S. The molecule has 100 valence electrons. The molecule has 1 aromatic rings. The highest BCUT2D eigenvalue weighted by Crippen LogP contribution is 2.28. The van der Waals surface area contributed by atoms with Crippen molar-refractivity contribution in [3.8, 4) is 5.75 Å². The van der Waals surface area contributed by atoms with Crippen LogP contribution in [0.25, 0.3) is 0 Å². The SMILES string of the molecule is Cc1ccc(OCC2CCCC2)c(S(N)(=O)=O)c1. The molecule has 18 heavy (non-hydrogen) atoms. The van der Waals surface area contributed by atoms with E-state index in [4.69, 9.17) is 9.88 Å². The fourth-order valence-corrected chi connectivity index (χ4v) is 3.10. The number of primary sulfonamides is 1. The summed E-state index contributed by atoms with van der Waals surface area (Å²) in [6.07, 6.45) is 4.81. The summed E-state index contributed by atoms with van der Waals surface area (Å²) in [5.74, 6) is 0.912. The lowest BCUT2D eigenvalue weighted by Gasteiger charge is -2.14. The van der Waals surface area contributed by atoms with Gasteiger partial charge in [-0.3, -0.25) is 0 Å². The molecule has 1 saturated carbocycles. The molecule has 0 bridgehead atoms. The molecule has 1 aliphatic carbocycles. The zero-order valence-electron chi connectivity index (χ0n) is 10.6. The van der Waals surface area contributed by atoms with Crippen LogP contribution in [0, 0.1) is 12.8 Å². The molecule has 0 aliphatic heterocycles. The minimum absolute atomic E-state index is 0.0838. The number of rotatable bonds is 4. The summed E-state index contributed by atoms with van der Waals surface area (Å²) in [6.45, 7) is 2.40. The lowest BCUT2D eigenvalue weighted by atomic mass is 10.1. The third-order valence-corrected chi connectivity index (χ3v) is 4.29. The molecule has 0 aromatic heterocycles. The highest BCUT2D eigenvalue weighted by molar-refractivity contribution is 7.89. The van der Waals surface area contributed by atoms with E-state index in [0.29, 0.717) is 18.3 Å². The molecule has 0 amide bonds. The first-order valence-electron chi connectivity index (χ1n) is 6.23. The van der Waals surface area contributed by atoms with Gasteiger partial charge in [-0.2, -0.15) is 0 Å². The van der Waals surface area contributed by atoms with Crippen LogP contribution in [0.1, 0.15) is 31.2 Å². The number of hydrogen-bond donors (Lipinski definition) is 1. The van der Waals surface area contributed by atoms with Crippen molar-refractivity contribution in [3.05, 3.63) is 23.8 Å². The molecule has 1 aliphatic rings. The number of benzene rings is 1. The van der Waals surface area contributed by atoms with Crippen LogP contribution in [-0.2, 0) is 10.0 Å².